The van der Waals surface area contributed by atoms with Crippen molar-refractivity contribution in [1.29, 1.82) is 0 Å². The van der Waals surface area contributed by atoms with Crippen LogP contribution in [-0.4, -0.2) is 29.6 Å². The summed E-state index contributed by atoms with van der Waals surface area (Å²) in [7, 11) is 1.96. The molecule has 0 aliphatic carbocycles. The quantitative estimate of drug-likeness (QED) is 0.861. The van der Waals surface area contributed by atoms with Gasteiger partial charge in [0.05, 0.1) is 6.42 Å². The number of carboxylic acids is 1. The Morgan fingerprint density at radius 3 is 3.06 bits per heavy atom. The van der Waals surface area contributed by atoms with Crippen molar-refractivity contribution in [1.82, 2.24) is 4.90 Å². The third kappa shape index (κ3) is 2.20. The molecule has 1 aromatic rings. The fourth-order valence-electron chi connectivity index (χ4n) is 2.24. The summed E-state index contributed by atoms with van der Waals surface area (Å²) in [6.45, 7) is 0.880. The van der Waals surface area contributed by atoms with Crippen LogP contribution in [0.15, 0.2) is 18.2 Å². The molecule has 16 heavy (non-hydrogen) atoms. The normalized spacial score (nSPS) is 20.5. The molecule has 1 unspecified atom stereocenters. The van der Waals surface area contributed by atoms with E-state index in [1.54, 1.807) is 0 Å². The summed E-state index contributed by atoms with van der Waals surface area (Å²) in [5, 5.41) is 9.63. The highest BCUT2D eigenvalue weighted by molar-refractivity contribution is 6.30. The lowest BCUT2D eigenvalue weighted by molar-refractivity contribution is -0.138. The monoisotopic (exact) mass is 239 g/mol. The number of aliphatic carboxylic acids is 1. The number of likely N-dealkylation sites (N-methyl/N-ethyl adjacent to an activating group) is 1. The number of fused-ring (bicyclic) bond motifs is 1. The Morgan fingerprint density at radius 2 is 2.38 bits per heavy atom. The Balaban J connectivity index is 2.36. The van der Waals surface area contributed by atoms with Gasteiger partial charge in [0.1, 0.15) is 0 Å². The highest BCUT2D eigenvalue weighted by Gasteiger charge is 2.26. The third-order valence-corrected chi connectivity index (χ3v) is 3.33. The lowest BCUT2D eigenvalue weighted by Crippen LogP contribution is -2.33. The van der Waals surface area contributed by atoms with Gasteiger partial charge >= 0.3 is 5.97 Å². The Kier molecular flexibility index (Phi) is 3.17. The SMILES string of the molecule is CN1CCc2cc(Cl)ccc2C1CC(=O)O. The smallest absolute Gasteiger partial charge is 0.305 e. The summed E-state index contributed by atoms with van der Waals surface area (Å²) in [6.07, 6.45) is 1.08. The first-order valence-corrected chi connectivity index (χ1v) is 5.66. The number of carboxylic acid groups (broad SMARTS) is 1. The van der Waals surface area contributed by atoms with E-state index in [4.69, 9.17) is 16.7 Å². The molecule has 0 saturated carbocycles. The number of rotatable bonds is 2. The van der Waals surface area contributed by atoms with E-state index in [1.165, 1.54) is 5.56 Å². The molecule has 86 valence electrons. The van der Waals surface area contributed by atoms with E-state index in [0.29, 0.717) is 0 Å². The lowest BCUT2D eigenvalue weighted by atomic mass is 9.91. The van der Waals surface area contributed by atoms with Crippen molar-refractivity contribution in [2.45, 2.75) is 18.9 Å². The van der Waals surface area contributed by atoms with E-state index in [-0.39, 0.29) is 12.5 Å². The van der Waals surface area contributed by atoms with Crippen molar-refractivity contribution < 1.29 is 9.90 Å². The molecule has 1 aliphatic rings. The van der Waals surface area contributed by atoms with E-state index in [2.05, 4.69) is 4.90 Å². The molecular weight excluding hydrogens is 226 g/mol. The maximum atomic E-state index is 10.8. The molecule has 2 rings (SSSR count). The van der Waals surface area contributed by atoms with Crippen LogP contribution in [-0.2, 0) is 11.2 Å². The van der Waals surface area contributed by atoms with E-state index in [0.717, 1.165) is 23.6 Å². The van der Waals surface area contributed by atoms with Gasteiger partial charge in [0.15, 0.2) is 0 Å². The van der Waals surface area contributed by atoms with Gasteiger partial charge in [-0.05, 0) is 36.7 Å². The van der Waals surface area contributed by atoms with Crippen molar-refractivity contribution >= 4 is 17.6 Å². The van der Waals surface area contributed by atoms with Gasteiger partial charge in [-0.25, -0.2) is 0 Å². The average molecular weight is 240 g/mol. The van der Waals surface area contributed by atoms with Gasteiger partial charge in [-0.1, -0.05) is 17.7 Å². The maximum Gasteiger partial charge on any atom is 0.305 e. The van der Waals surface area contributed by atoms with Crippen molar-refractivity contribution in [3.63, 3.8) is 0 Å². The van der Waals surface area contributed by atoms with Gasteiger partial charge in [0, 0.05) is 17.6 Å². The topological polar surface area (TPSA) is 40.5 Å². The molecule has 4 heteroatoms. The fraction of sp³-hybridized carbons (Fsp3) is 0.417. The minimum absolute atomic E-state index is 0.0292. The minimum atomic E-state index is -0.764. The highest BCUT2D eigenvalue weighted by atomic mass is 35.5. The molecule has 0 amide bonds. The van der Waals surface area contributed by atoms with Crippen LogP contribution >= 0.6 is 11.6 Å². The van der Waals surface area contributed by atoms with Gasteiger partial charge in [0.25, 0.3) is 0 Å². The lowest BCUT2D eigenvalue weighted by Gasteiger charge is -2.33. The second-order valence-electron chi connectivity index (χ2n) is 4.19. The zero-order valence-electron chi connectivity index (χ0n) is 9.11. The Hall–Kier alpha value is -1.06. The van der Waals surface area contributed by atoms with E-state index < -0.39 is 5.97 Å². The van der Waals surface area contributed by atoms with Crippen LogP contribution in [0.25, 0.3) is 0 Å². The zero-order chi connectivity index (χ0) is 11.7. The fourth-order valence-corrected chi connectivity index (χ4v) is 2.43. The predicted molar refractivity (Wildman–Crippen MR) is 62.8 cm³/mol. The molecule has 0 radical (unpaired) electrons. The summed E-state index contributed by atoms with van der Waals surface area (Å²) in [6, 6.07) is 5.69. The van der Waals surface area contributed by atoms with E-state index in [1.807, 2.05) is 25.2 Å². The van der Waals surface area contributed by atoms with Gasteiger partial charge < -0.3 is 5.11 Å². The highest BCUT2D eigenvalue weighted by Crippen LogP contribution is 2.32. The zero-order valence-corrected chi connectivity index (χ0v) is 9.87. The van der Waals surface area contributed by atoms with Crippen molar-refractivity contribution in [3.05, 3.63) is 34.3 Å². The molecule has 0 saturated heterocycles. The van der Waals surface area contributed by atoms with Gasteiger partial charge in [-0.15, -0.1) is 0 Å². The molecule has 1 aromatic carbocycles. The molecule has 0 spiro atoms. The van der Waals surface area contributed by atoms with Crippen LogP contribution in [0.3, 0.4) is 0 Å². The first kappa shape index (κ1) is 11.4. The molecular formula is C12H14ClNO2. The summed E-state index contributed by atoms with van der Waals surface area (Å²) in [5.41, 5.74) is 2.28. The van der Waals surface area contributed by atoms with Crippen LogP contribution in [0.5, 0.6) is 0 Å². The summed E-state index contributed by atoms with van der Waals surface area (Å²) >= 11 is 5.94. The first-order chi connectivity index (χ1) is 7.58. The van der Waals surface area contributed by atoms with Crippen molar-refractivity contribution in [2.24, 2.45) is 0 Å². The largest absolute Gasteiger partial charge is 0.481 e. The number of hydrogen-bond donors (Lipinski definition) is 1. The van der Waals surface area contributed by atoms with Crippen LogP contribution in [0.2, 0.25) is 5.02 Å². The molecule has 1 N–H and O–H groups in total. The second kappa shape index (κ2) is 4.44. The number of hydrogen-bond acceptors (Lipinski definition) is 2. The number of carbonyl (C=O) groups is 1. The minimum Gasteiger partial charge on any atom is -0.481 e. The average Bonchev–Trinajstić information content (AvgIpc) is 2.22. The van der Waals surface area contributed by atoms with Gasteiger partial charge in [-0.2, -0.15) is 0 Å². The molecule has 0 bridgehead atoms. The van der Waals surface area contributed by atoms with E-state index in [9.17, 15) is 4.79 Å². The standard InChI is InChI=1S/C12H14ClNO2/c1-14-5-4-8-6-9(13)2-3-10(8)11(14)7-12(15)16/h2-3,6,11H,4-5,7H2,1H3,(H,15,16). The van der Waals surface area contributed by atoms with Crippen molar-refractivity contribution in [2.75, 3.05) is 13.6 Å². The summed E-state index contributed by atoms with van der Waals surface area (Å²) in [5.74, 6) is -0.764. The Bertz CT molecular complexity index is 419. The summed E-state index contributed by atoms with van der Waals surface area (Å²) < 4.78 is 0. The van der Waals surface area contributed by atoms with Crippen LogP contribution in [0.4, 0.5) is 0 Å². The molecule has 0 aromatic heterocycles. The molecule has 1 aliphatic heterocycles. The number of halogens is 1. The first-order valence-electron chi connectivity index (χ1n) is 5.28. The number of nitrogens with zero attached hydrogens (tertiary/aromatic N) is 1. The van der Waals surface area contributed by atoms with Crippen LogP contribution in [0.1, 0.15) is 23.6 Å². The Morgan fingerprint density at radius 1 is 1.62 bits per heavy atom. The van der Waals surface area contributed by atoms with Gasteiger partial charge in [-0.3, -0.25) is 9.69 Å². The number of benzene rings is 1. The second-order valence-corrected chi connectivity index (χ2v) is 4.62. The van der Waals surface area contributed by atoms with Crippen molar-refractivity contribution in [3.8, 4) is 0 Å². The van der Waals surface area contributed by atoms with Crippen LogP contribution in [0, 0.1) is 0 Å². The van der Waals surface area contributed by atoms with Crippen LogP contribution < -0.4 is 0 Å². The Labute approximate surface area is 99.6 Å². The van der Waals surface area contributed by atoms with E-state index >= 15 is 0 Å². The molecule has 1 atom stereocenters. The molecule has 0 fully saturated rings. The third-order valence-electron chi connectivity index (χ3n) is 3.10. The molecule has 1 heterocycles. The summed E-state index contributed by atoms with van der Waals surface area (Å²) in [4.78, 5) is 12.9. The maximum absolute atomic E-state index is 10.8. The molecule has 3 nitrogen and oxygen atoms in total. The predicted octanol–water partition coefficient (Wildman–Crippen LogP) is 2.34. The van der Waals surface area contributed by atoms with Gasteiger partial charge in [0.2, 0.25) is 0 Å².